The number of carbonyl (C=O) groups excluding carboxylic acids is 2. The van der Waals surface area contributed by atoms with Crippen LogP contribution in [0.2, 0.25) is 10.0 Å². The molecule has 3 aromatic carbocycles. The number of rotatable bonds is 13. The van der Waals surface area contributed by atoms with Gasteiger partial charge in [0.2, 0.25) is 11.8 Å². The van der Waals surface area contributed by atoms with Gasteiger partial charge < -0.3 is 15.0 Å². The minimum absolute atomic E-state index is 0.0458. The number of nitrogens with zero attached hydrogens (tertiary/aromatic N) is 2. The number of hydrogen-bond acceptors (Lipinski definition) is 5. The maximum Gasteiger partial charge on any atom is 0.264 e. The zero-order chi connectivity index (χ0) is 30.2. The first-order chi connectivity index (χ1) is 19.5. The van der Waals surface area contributed by atoms with Gasteiger partial charge in [0.1, 0.15) is 18.3 Å². The van der Waals surface area contributed by atoms with Crippen molar-refractivity contribution in [2.45, 2.75) is 57.1 Å². The molecule has 0 saturated heterocycles. The Balaban J connectivity index is 2.07. The zero-order valence-corrected chi connectivity index (χ0v) is 25.8. The van der Waals surface area contributed by atoms with Crippen LogP contribution in [-0.2, 0) is 26.2 Å². The lowest BCUT2D eigenvalue weighted by molar-refractivity contribution is -0.140. The second kappa shape index (κ2) is 14.6. The summed E-state index contributed by atoms with van der Waals surface area (Å²) in [4.78, 5) is 28.9. The highest BCUT2D eigenvalue weighted by atomic mass is 35.5. The number of hydrogen-bond donors (Lipinski definition) is 1. The van der Waals surface area contributed by atoms with Gasteiger partial charge in [0.25, 0.3) is 10.0 Å². The molecule has 2 amide bonds. The molecule has 3 rings (SSSR count). The number of anilines is 1. The maximum atomic E-state index is 14.1. The van der Waals surface area contributed by atoms with E-state index in [1.807, 2.05) is 26.8 Å². The Bertz CT molecular complexity index is 1450. The minimum Gasteiger partial charge on any atom is -0.497 e. The van der Waals surface area contributed by atoms with E-state index >= 15 is 0 Å². The molecule has 11 heteroatoms. The van der Waals surface area contributed by atoms with E-state index in [9.17, 15) is 18.0 Å². The summed E-state index contributed by atoms with van der Waals surface area (Å²) < 4.78 is 34.1. The SMILES string of the molecule is CCC(C)NC(=O)C(CC)N(Cc1cccc(OC)c1)C(=O)CN(c1cccc(Cl)c1)S(=O)(=O)c1ccc(Cl)cc1. The first-order valence-electron chi connectivity index (χ1n) is 13.3. The molecular formula is C30H35Cl2N3O5S. The van der Waals surface area contributed by atoms with Crippen LogP contribution < -0.4 is 14.4 Å². The molecule has 0 heterocycles. The van der Waals surface area contributed by atoms with Crippen LogP contribution in [-0.4, -0.2) is 50.9 Å². The van der Waals surface area contributed by atoms with Crippen molar-refractivity contribution < 1.29 is 22.7 Å². The van der Waals surface area contributed by atoms with Crippen LogP contribution in [0.25, 0.3) is 0 Å². The molecule has 0 aliphatic rings. The summed E-state index contributed by atoms with van der Waals surface area (Å²) in [6, 6.07) is 18.2. The van der Waals surface area contributed by atoms with Crippen LogP contribution in [0.3, 0.4) is 0 Å². The summed E-state index contributed by atoms with van der Waals surface area (Å²) in [5, 5.41) is 3.64. The van der Waals surface area contributed by atoms with Crippen LogP contribution >= 0.6 is 23.2 Å². The average molecular weight is 621 g/mol. The molecule has 0 saturated carbocycles. The summed E-state index contributed by atoms with van der Waals surface area (Å²) in [7, 11) is -2.68. The molecule has 220 valence electrons. The van der Waals surface area contributed by atoms with E-state index in [0.29, 0.717) is 28.6 Å². The number of nitrogens with one attached hydrogen (secondary N) is 1. The third-order valence-corrected chi connectivity index (χ3v) is 8.93. The number of halogens is 2. The van der Waals surface area contributed by atoms with Gasteiger partial charge in [0.15, 0.2) is 0 Å². The summed E-state index contributed by atoms with van der Waals surface area (Å²) in [5.74, 6) is -0.276. The number of methoxy groups -OCH3 is 1. The van der Waals surface area contributed by atoms with Gasteiger partial charge in [-0.1, -0.05) is 55.2 Å². The van der Waals surface area contributed by atoms with Crippen molar-refractivity contribution in [2.24, 2.45) is 0 Å². The van der Waals surface area contributed by atoms with Gasteiger partial charge in [-0.05, 0) is 79.9 Å². The summed E-state index contributed by atoms with van der Waals surface area (Å²) in [6.45, 7) is 5.15. The van der Waals surface area contributed by atoms with Gasteiger partial charge in [0, 0.05) is 22.6 Å². The second-order valence-corrected chi connectivity index (χ2v) is 12.3. The van der Waals surface area contributed by atoms with E-state index < -0.39 is 28.5 Å². The number of benzene rings is 3. The Morgan fingerprint density at radius 3 is 2.22 bits per heavy atom. The molecule has 2 atom stereocenters. The molecule has 0 aliphatic heterocycles. The van der Waals surface area contributed by atoms with Crippen LogP contribution in [0.15, 0.2) is 77.7 Å². The van der Waals surface area contributed by atoms with Gasteiger partial charge >= 0.3 is 0 Å². The van der Waals surface area contributed by atoms with Gasteiger partial charge in [0.05, 0.1) is 17.7 Å². The molecule has 1 N–H and O–H groups in total. The lowest BCUT2D eigenvalue weighted by Crippen LogP contribution is -2.53. The van der Waals surface area contributed by atoms with Crippen LogP contribution in [0.1, 0.15) is 39.2 Å². The van der Waals surface area contributed by atoms with Gasteiger partial charge in [-0.15, -0.1) is 0 Å². The standard InChI is InChI=1S/C30H35Cl2N3O5S/c1-5-21(3)33-30(37)28(6-2)34(19-22-9-7-12-26(17-22)40-4)29(36)20-35(25-11-8-10-24(32)18-25)41(38,39)27-15-13-23(31)14-16-27/h7-18,21,28H,5-6,19-20H2,1-4H3,(H,33,37). The molecule has 41 heavy (non-hydrogen) atoms. The molecule has 0 fully saturated rings. The van der Waals surface area contributed by atoms with Gasteiger partial charge in [-0.3, -0.25) is 13.9 Å². The Kier molecular flexibility index (Phi) is 11.5. The Morgan fingerprint density at radius 1 is 0.927 bits per heavy atom. The smallest absolute Gasteiger partial charge is 0.264 e. The molecule has 0 spiro atoms. The fourth-order valence-electron chi connectivity index (χ4n) is 4.22. The highest BCUT2D eigenvalue weighted by Crippen LogP contribution is 2.28. The Hall–Kier alpha value is -3.27. The Labute approximate surface area is 252 Å². The van der Waals surface area contributed by atoms with E-state index in [-0.39, 0.29) is 29.1 Å². The number of amides is 2. The van der Waals surface area contributed by atoms with Gasteiger partial charge in [-0.2, -0.15) is 0 Å². The molecule has 0 bridgehead atoms. The largest absolute Gasteiger partial charge is 0.497 e. The molecule has 0 aromatic heterocycles. The monoisotopic (exact) mass is 619 g/mol. The second-order valence-electron chi connectivity index (χ2n) is 9.56. The van der Waals surface area contributed by atoms with Crippen molar-refractivity contribution in [2.75, 3.05) is 18.0 Å². The van der Waals surface area contributed by atoms with E-state index in [0.717, 1.165) is 9.87 Å². The highest BCUT2D eigenvalue weighted by molar-refractivity contribution is 7.92. The van der Waals surface area contributed by atoms with E-state index in [2.05, 4.69) is 5.32 Å². The molecule has 0 radical (unpaired) electrons. The van der Waals surface area contributed by atoms with E-state index in [4.69, 9.17) is 27.9 Å². The number of sulfonamides is 1. The van der Waals surface area contributed by atoms with Crippen molar-refractivity contribution in [3.05, 3.63) is 88.4 Å². The topological polar surface area (TPSA) is 96.0 Å². The maximum absolute atomic E-state index is 14.1. The zero-order valence-electron chi connectivity index (χ0n) is 23.5. The van der Waals surface area contributed by atoms with Crippen molar-refractivity contribution in [1.29, 1.82) is 0 Å². The highest BCUT2D eigenvalue weighted by Gasteiger charge is 2.34. The third-order valence-electron chi connectivity index (χ3n) is 6.65. The predicted molar refractivity (Wildman–Crippen MR) is 163 cm³/mol. The fourth-order valence-corrected chi connectivity index (χ4v) is 5.94. The third kappa shape index (κ3) is 8.38. The Morgan fingerprint density at radius 2 is 1.61 bits per heavy atom. The minimum atomic E-state index is -4.23. The van der Waals surface area contributed by atoms with Crippen LogP contribution in [0, 0.1) is 0 Å². The molecule has 0 aliphatic carbocycles. The van der Waals surface area contributed by atoms with Crippen molar-refractivity contribution in [3.63, 3.8) is 0 Å². The lowest BCUT2D eigenvalue weighted by Gasteiger charge is -2.33. The van der Waals surface area contributed by atoms with E-state index in [1.165, 1.54) is 35.2 Å². The first kappa shape index (κ1) is 32.2. The number of carbonyl (C=O) groups is 2. The van der Waals surface area contributed by atoms with Gasteiger partial charge in [-0.25, -0.2) is 8.42 Å². The average Bonchev–Trinajstić information content (AvgIpc) is 2.95. The molecule has 8 nitrogen and oxygen atoms in total. The van der Waals surface area contributed by atoms with Crippen LogP contribution in [0.4, 0.5) is 5.69 Å². The quantitative estimate of drug-likeness (QED) is 0.256. The molecule has 3 aromatic rings. The summed E-state index contributed by atoms with van der Waals surface area (Å²) >= 11 is 12.2. The predicted octanol–water partition coefficient (Wildman–Crippen LogP) is 5.92. The molecule has 2 unspecified atom stereocenters. The van der Waals surface area contributed by atoms with Crippen molar-refractivity contribution >= 4 is 50.7 Å². The first-order valence-corrected chi connectivity index (χ1v) is 15.5. The lowest BCUT2D eigenvalue weighted by atomic mass is 10.1. The number of ether oxygens (including phenoxy) is 1. The van der Waals surface area contributed by atoms with Crippen molar-refractivity contribution in [1.82, 2.24) is 10.2 Å². The van der Waals surface area contributed by atoms with Crippen molar-refractivity contribution in [3.8, 4) is 5.75 Å². The van der Waals surface area contributed by atoms with E-state index in [1.54, 1.807) is 43.5 Å². The fraction of sp³-hybridized carbons (Fsp3) is 0.333. The summed E-state index contributed by atoms with van der Waals surface area (Å²) in [6.07, 6.45) is 1.03. The van der Waals surface area contributed by atoms with Crippen LogP contribution in [0.5, 0.6) is 5.75 Å². The normalized spacial score (nSPS) is 12.7. The summed E-state index contributed by atoms with van der Waals surface area (Å²) in [5.41, 5.74) is 0.932. The molecular weight excluding hydrogens is 585 g/mol.